The van der Waals surface area contributed by atoms with Crippen molar-refractivity contribution in [1.82, 2.24) is 0 Å². The lowest BCUT2D eigenvalue weighted by molar-refractivity contribution is -0.114. The molecule has 1 aromatic rings. The molecule has 1 amide bonds. The van der Waals surface area contributed by atoms with Gasteiger partial charge in [0.1, 0.15) is 5.82 Å². The Morgan fingerprint density at radius 1 is 1.25 bits per heavy atom. The van der Waals surface area contributed by atoms with E-state index in [0.717, 1.165) is 11.0 Å². The maximum Gasteiger partial charge on any atom is 0.299 e. The molecule has 0 aliphatic carbocycles. The Hall–Kier alpha value is -1.50. The molecule has 0 spiro atoms. The van der Waals surface area contributed by atoms with E-state index < -0.39 is 17.5 Å². The van der Waals surface area contributed by atoms with Crippen LogP contribution in [0.4, 0.5) is 10.1 Å². The first kappa shape index (κ1) is 14.9. The number of rotatable bonds is 6. The van der Waals surface area contributed by atoms with Crippen LogP contribution in [0.3, 0.4) is 0 Å². The van der Waals surface area contributed by atoms with Gasteiger partial charge in [0.05, 0.1) is 36.1 Å². The van der Waals surface area contributed by atoms with E-state index in [1.165, 1.54) is 6.07 Å². The van der Waals surface area contributed by atoms with Gasteiger partial charge in [0.25, 0.3) is 11.7 Å². The Balaban J connectivity index is 2.14. The Morgan fingerprint density at radius 3 is 2.70 bits per heavy atom. The van der Waals surface area contributed by atoms with Gasteiger partial charge in [0.2, 0.25) is 0 Å². The van der Waals surface area contributed by atoms with Crippen molar-refractivity contribution in [3.8, 4) is 0 Å². The van der Waals surface area contributed by atoms with Crippen molar-refractivity contribution in [2.75, 3.05) is 38.4 Å². The lowest BCUT2D eigenvalue weighted by Gasteiger charge is -2.17. The highest BCUT2D eigenvalue weighted by molar-refractivity contribution is 6.55. The molecular formula is C13H13ClFNO4. The highest BCUT2D eigenvalue weighted by atomic mass is 35.5. The van der Waals surface area contributed by atoms with Crippen LogP contribution in [0, 0.1) is 5.82 Å². The largest absolute Gasteiger partial charge is 0.382 e. The number of fused-ring (bicyclic) bond motifs is 1. The summed E-state index contributed by atoms with van der Waals surface area (Å²) in [5.74, 6) is -2.23. The Morgan fingerprint density at radius 2 is 2.00 bits per heavy atom. The zero-order chi connectivity index (χ0) is 14.7. The highest BCUT2D eigenvalue weighted by Crippen LogP contribution is 2.36. The van der Waals surface area contributed by atoms with E-state index in [4.69, 9.17) is 21.1 Å². The molecule has 0 saturated heterocycles. The summed E-state index contributed by atoms with van der Waals surface area (Å²) in [5.41, 5.74) is -0.142. The zero-order valence-corrected chi connectivity index (χ0v) is 11.6. The average Bonchev–Trinajstić information content (AvgIpc) is 2.68. The number of hydrogen-bond donors (Lipinski definition) is 0. The number of carbonyl (C=O) groups is 2. The number of halogens is 2. The molecule has 5 nitrogen and oxygen atoms in total. The van der Waals surface area contributed by atoms with E-state index in [1.807, 2.05) is 0 Å². The number of benzene rings is 1. The predicted octanol–water partition coefficient (Wildman–Crippen LogP) is 1.67. The van der Waals surface area contributed by atoms with E-state index in [1.54, 1.807) is 7.11 Å². The third kappa shape index (κ3) is 2.67. The Kier molecular flexibility index (Phi) is 4.69. The number of ketones is 1. The van der Waals surface area contributed by atoms with Crippen molar-refractivity contribution in [2.45, 2.75) is 0 Å². The molecule has 20 heavy (non-hydrogen) atoms. The second-order valence-corrected chi connectivity index (χ2v) is 4.55. The maximum absolute atomic E-state index is 13.8. The van der Waals surface area contributed by atoms with Crippen LogP contribution in [0.2, 0.25) is 5.02 Å². The van der Waals surface area contributed by atoms with Crippen molar-refractivity contribution in [3.05, 3.63) is 28.5 Å². The second kappa shape index (κ2) is 6.30. The average molecular weight is 302 g/mol. The number of carbonyl (C=O) groups excluding carboxylic acids is 2. The molecule has 108 valence electrons. The lowest BCUT2D eigenvalue weighted by Crippen LogP contribution is -2.33. The molecule has 1 heterocycles. The molecule has 0 fully saturated rings. The van der Waals surface area contributed by atoms with E-state index in [9.17, 15) is 14.0 Å². The highest BCUT2D eigenvalue weighted by Gasteiger charge is 2.39. The van der Waals surface area contributed by atoms with Crippen LogP contribution in [-0.2, 0) is 14.3 Å². The Bertz CT molecular complexity index is 549. The number of methoxy groups -OCH3 is 1. The third-order valence-electron chi connectivity index (χ3n) is 2.91. The lowest BCUT2D eigenvalue weighted by atomic mass is 10.1. The quantitative estimate of drug-likeness (QED) is 0.592. The van der Waals surface area contributed by atoms with E-state index in [2.05, 4.69) is 0 Å². The molecule has 2 rings (SSSR count). The molecule has 0 N–H and O–H groups in total. The van der Waals surface area contributed by atoms with E-state index in [0.29, 0.717) is 13.2 Å². The first-order chi connectivity index (χ1) is 9.57. The molecule has 0 saturated carbocycles. The minimum absolute atomic E-state index is 0.0668. The molecule has 0 radical (unpaired) electrons. The fourth-order valence-corrected chi connectivity index (χ4v) is 2.20. The van der Waals surface area contributed by atoms with Crippen LogP contribution in [0.1, 0.15) is 10.4 Å². The second-order valence-electron chi connectivity index (χ2n) is 4.14. The molecule has 0 aromatic heterocycles. The van der Waals surface area contributed by atoms with E-state index >= 15 is 0 Å². The number of hydrogen-bond acceptors (Lipinski definition) is 4. The van der Waals surface area contributed by atoms with Crippen LogP contribution in [-0.4, -0.2) is 45.2 Å². The summed E-state index contributed by atoms with van der Waals surface area (Å²) in [4.78, 5) is 24.7. The number of ether oxygens (including phenoxy) is 2. The molecular weight excluding hydrogens is 289 g/mol. The summed E-state index contributed by atoms with van der Waals surface area (Å²) in [6, 6.07) is 2.39. The van der Waals surface area contributed by atoms with Gasteiger partial charge in [0, 0.05) is 13.7 Å². The van der Waals surface area contributed by atoms with Gasteiger partial charge in [-0.05, 0) is 12.1 Å². The molecule has 1 aliphatic heterocycles. The van der Waals surface area contributed by atoms with Gasteiger partial charge in [-0.15, -0.1) is 0 Å². The topological polar surface area (TPSA) is 55.8 Å². The number of Topliss-reactive ketones (excluding diaryl/α,β-unsaturated/α-hetero) is 1. The van der Waals surface area contributed by atoms with Gasteiger partial charge in [-0.1, -0.05) is 11.6 Å². The van der Waals surface area contributed by atoms with Crippen LogP contribution in [0.5, 0.6) is 0 Å². The summed E-state index contributed by atoms with van der Waals surface area (Å²) in [6.07, 6.45) is 0. The minimum atomic E-state index is -0.790. The van der Waals surface area contributed by atoms with Gasteiger partial charge in [-0.3, -0.25) is 14.5 Å². The fraction of sp³-hybridized carbons (Fsp3) is 0.385. The number of amides is 1. The van der Waals surface area contributed by atoms with Gasteiger partial charge in [-0.25, -0.2) is 4.39 Å². The summed E-state index contributed by atoms with van der Waals surface area (Å²) >= 11 is 5.86. The molecule has 0 unspecified atom stereocenters. The number of nitrogens with zero attached hydrogens (tertiary/aromatic N) is 1. The monoisotopic (exact) mass is 301 g/mol. The summed E-state index contributed by atoms with van der Waals surface area (Å²) in [7, 11) is 1.54. The standard InChI is InChI=1S/C13H13ClFNO4/c1-19-6-7-20-5-4-16-11-9(15)3-2-8(14)10(11)12(17)13(16)18/h2-3H,4-7H2,1H3. The normalized spacial score (nSPS) is 14.1. The van der Waals surface area contributed by atoms with Crippen LogP contribution in [0.25, 0.3) is 0 Å². The first-order valence-electron chi connectivity index (χ1n) is 5.98. The van der Waals surface area contributed by atoms with Crippen LogP contribution >= 0.6 is 11.6 Å². The van der Waals surface area contributed by atoms with Gasteiger partial charge < -0.3 is 9.47 Å². The van der Waals surface area contributed by atoms with Crippen molar-refractivity contribution in [1.29, 1.82) is 0 Å². The Labute approximate surface area is 120 Å². The molecule has 0 atom stereocenters. The van der Waals surface area contributed by atoms with Gasteiger partial charge >= 0.3 is 0 Å². The minimum Gasteiger partial charge on any atom is -0.382 e. The van der Waals surface area contributed by atoms with Crippen molar-refractivity contribution >= 4 is 29.0 Å². The number of anilines is 1. The third-order valence-corrected chi connectivity index (χ3v) is 3.22. The van der Waals surface area contributed by atoms with Crippen molar-refractivity contribution in [3.63, 3.8) is 0 Å². The predicted molar refractivity (Wildman–Crippen MR) is 70.8 cm³/mol. The smallest absolute Gasteiger partial charge is 0.299 e. The van der Waals surface area contributed by atoms with Crippen LogP contribution < -0.4 is 4.90 Å². The zero-order valence-electron chi connectivity index (χ0n) is 10.8. The maximum atomic E-state index is 13.8. The summed E-state index contributed by atoms with van der Waals surface area (Å²) in [6.45, 7) is 1.04. The summed E-state index contributed by atoms with van der Waals surface area (Å²) in [5, 5.41) is 0.0718. The first-order valence-corrected chi connectivity index (χ1v) is 6.36. The van der Waals surface area contributed by atoms with Crippen molar-refractivity contribution in [2.24, 2.45) is 0 Å². The van der Waals surface area contributed by atoms with Gasteiger partial charge in [-0.2, -0.15) is 0 Å². The summed E-state index contributed by atoms with van der Waals surface area (Å²) < 4.78 is 23.9. The molecule has 1 aromatic carbocycles. The SMILES string of the molecule is COCCOCCN1C(=O)C(=O)c2c(Cl)ccc(F)c21. The van der Waals surface area contributed by atoms with Gasteiger partial charge in [0.15, 0.2) is 0 Å². The molecule has 1 aliphatic rings. The van der Waals surface area contributed by atoms with Crippen molar-refractivity contribution < 1.29 is 23.5 Å². The van der Waals surface area contributed by atoms with Crippen LogP contribution in [0.15, 0.2) is 12.1 Å². The molecule has 7 heteroatoms. The van der Waals surface area contributed by atoms with E-state index in [-0.39, 0.29) is 29.4 Å². The molecule has 0 bridgehead atoms. The fourth-order valence-electron chi connectivity index (χ4n) is 1.97.